The van der Waals surface area contributed by atoms with E-state index < -0.39 is 0 Å². The molecule has 0 bridgehead atoms. The molecule has 0 aromatic carbocycles. The molecule has 1 rings (SSSR count). The van der Waals surface area contributed by atoms with Gasteiger partial charge in [-0.25, -0.2) is 4.98 Å². The molecule has 0 atom stereocenters. The number of allylic oxidation sites excluding steroid dienone is 1. The Bertz CT molecular complexity index is 263. The van der Waals surface area contributed by atoms with Gasteiger partial charge in [-0.3, -0.25) is 0 Å². The zero-order chi connectivity index (χ0) is 8.97. The van der Waals surface area contributed by atoms with Gasteiger partial charge in [0.05, 0.1) is 5.01 Å². The average Bonchev–Trinajstić information content (AvgIpc) is 2.35. The zero-order valence-corrected chi connectivity index (χ0v) is 8.56. The van der Waals surface area contributed by atoms with Crippen molar-refractivity contribution in [3.63, 3.8) is 0 Å². The molecule has 1 aromatic rings. The van der Waals surface area contributed by atoms with Gasteiger partial charge in [-0.2, -0.15) is 0 Å². The van der Waals surface area contributed by atoms with Crippen molar-refractivity contribution in [3.05, 3.63) is 28.4 Å². The predicted molar refractivity (Wildman–Crippen MR) is 53.4 cm³/mol. The van der Waals surface area contributed by atoms with Gasteiger partial charge in [-0.05, 0) is 13.1 Å². The fourth-order valence-corrected chi connectivity index (χ4v) is 1.65. The topological polar surface area (TPSA) is 16.1 Å². The summed E-state index contributed by atoms with van der Waals surface area (Å²) in [6.45, 7) is 2.03. The molecule has 3 heteroatoms. The summed E-state index contributed by atoms with van der Waals surface area (Å²) in [5.41, 5.74) is 0. The highest BCUT2D eigenvalue weighted by Crippen LogP contribution is 2.12. The fourth-order valence-electron chi connectivity index (χ4n) is 0.879. The highest BCUT2D eigenvalue weighted by atomic mass is 32.1. The number of thiazole rings is 1. The van der Waals surface area contributed by atoms with Gasteiger partial charge in [0.15, 0.2) is 0 Å². The van der Waals surface area contributed by atoms with Crippen molar-refractivity contribution in [2.45, 2.75) is 13.3 Å². The van der Waals surface area contributed by atoms with E-state index in [0.717, 1.165) is 11.4 Å². The normalized spacial score (nSPS) is 10.9. The van der Waals surface area contributed by atoms with Crippen LogP contribution in [-0.4, -0.2) is 24.0 Å². The van der Waals surface area contributed by atoms with E-state index in [9.17, 15) is 0 Å². The van der Waals surface area contributed by atoms with E-state index in [1.54, 1.807) is 11.3 Å². The lowest BCUT2D eigenvalue weighted by molar-refractivity contribution is 0.562. The maximum Gasteiger partial charge on any atom is 0.0896 e. The Kier molecular flexibility index (Phi) is 3.29. The van der Waals surface area contributed by atoms with Crippen molar-refractivity contribution < 1.29 is 0 Å². The molecule has 0 unspecified atom stereocenters. The van der Waals surface area contributed by atoms with E-state index in [4.69, 9.17) is 0 Å². The molecule has 2 nitrogen and oxygen atoms in total. The largest absolute Gasteiger partial charge is 0.384 e. The summed E-state index contributed by atoms with van der Waals surface area (Å²) < 4.78 is 0. The lowest BCUT2D eigenvalue weighted by Crippen LogP contribution is -1.99. The predicted octanol–water partition coefficient (Wildman–Crippen LogP) is 2.07. The monoisotopic (exact) mass is 182 g/mol. The van der Waals surface area contributed by atoms with Crippen LogP contribution in [0.3, 0.4) is 0 Å². The van der Waals surface area contributed by atoms with Crippen molar-refractivity contribution in [2.75, 3.05) is 14.1 Å². The third kappa shape index (κ3) is 3.05. The van der Waals surface area contributed by atoms with Crippen LogP contribution in [0, 0.1) is 6.92 Å². The highest BCUT2D eigenvalue weighted by Gasteiger charge is 1.93. The van der Waals surface area contributed by atoms with Crippen LogP contribution >= 0.6 is 11.3 Å². The van der Waals surface area contributed by atoms with Gasteiger partial charge in [-0.15, -0.1) is 11.3 Å². The summed E-state index contributed by atoms with van der Waals surface area (Å²) in [5.74, 6) is 0. The summed E-state index contributed by atoms with van der Waals surface area (Å²) in [6.07, 6.45) is 7.14. The Hall–Kier alpha value is -0.830. The van der Waals surface area contributed by atoms with Crippen LogP contribution in [0.25, 0.3) is 0 Å². The van der Waals surface area contributed by atoms with E-state index in [0.29, 0.717) is 0 Å². The third-order valence-corrected chi connectivity index (χ3v) is 2.33. The molecule has 0 amide bonds. The van der Waals surface area contributed by atoms with Gasteiger partial charge < -0.3 is 4.90 Å². The van der Waals surface area contributed by atoms with Crippen LogP contribution in [0.15, 0.2) is 18.5 Å². The maximum atomic E-state index is 4.19. The quantitative estimate of drug-likeness (QED) is 0.711. The van der Waals surface area contributed by atoms with Gasteiger partial charge in [0.1, 0.15) is 0 Å². The van der Waals surface area contributed by atoms with E-state index in [1.807, 2.05) is 32.1 Å². The molecule has 12 heavy (non-hydrogen) atoms. The molecule has 0 fully saturated rings. The fraction of sp³-hybridized carbons (Fsp3) is 0.444. The lowest BCUT2D eigenvalue weighted by atomic mass is 10.4. The summed E-state index contributed by atoms with van der Waals surface area (Å²) in [7, 11) is 4.04. The van der Waals surface area contributed by atoms with Gasteiger partial charge in [0.25, 0.3) is 0 Å². The second-order valence-electron chi connectivity index (χ2n) is 2.90. The second kappa shape index (κ2) is 4.26. The van der Waals surface area contributed by atoms with Gasteiger partial charge in [0.2, 0.25) is 0 Å². The van der Waals surface area contributed by atoms with Crippen molar-refractivity contribution in [1.82, 2.24) is 9.88 Å². The number of hydrogen-bond acceptors (Lipinski definition) is 3. The molecule has 0 aliphatic rings. The molecule has 1 aromatic heterocycles. The van der Waals surface area contributed by atoms with Crippen molar-refractivity contribution in [1.29, 1.82) is 0 Å². The Morgan fingerprint density at radius 2 is 2.33 bits per heavy atom. The minimum Gasteiger partial charge on any atom is -0.384 e. The molecular formula is C9H14N2S. The molecule has 1 heterocycles. The number of aromatic nitrogens is 1. The number of hydrogen-bond donors (Lipinski definition) is 0. The average molecular weight is 182 g/mol. The minimum atomic E-state index is 0.990. The summed E-state index contributed by atoms with van der Waals surface area (Å²) >= 11 is 1.76. The van der Waals surface area contributed by atoms with Crippen LogP contribution in [0.1, 0.15) is 9.88 Å². The van der Waals surface area contributed by atoms with Crippen LogP contribution in [-0.2, 0) is 6.42 Å². The molecule has 0 aliphatic carbocycles. The first-order chi connectivity index (χ1) is 5.68. The Balaban J connectivity index is 2.43. The van der Waals surface area contributed by atoms with Crippen molar-refractivity contribution in [2.24, 2.45) is 0 Å². The first-order valence-corrected chi connectivity index (χ1v) is 4.74. The van der Waals surface area contributed by atoms with Crippen LogP contribution in [0.4, 0.5) is 0 Å². The smallest absolute Gasteiger partial charge is 0.0896 e. The Morgan fingerprint density at radius 1 is 1.58 bits per heavy atom. The Morgan fingerprint density at radius 3 is 2.83 bits per heavy atom. The van der Waals surface area contributed by atoms with E-state index in [1.165, 1.54) is 4.88 Å². The third-order valence-electron chi connectivity index (χ3n) is 1.39. The molecule has 0 aliphatic heterocycles. The Labute approximate surface area is 77.6 Å². The molecule has 0 radical (unpaired) electrons. The SMILES string of the molecule is Cc1ncc(C/C=C/N(C)C)s1. The maximum absolute atomic E-state index is 4.19. The van der Waals surface area contributed by atoms with Crippen LogP contribution in [0.2, 0.25) is 0 Å². The standard InChI is InChI=1S/C9H14N2S/c1-8-10-7-9(12-8)5-4-6-11(2)3/h4,6-7H,5H2,1-3H3/b6-4+. The molecule has 0 saturated carbocycles. The number of nitrogens with zero attached hydrogens (tertiary/aromatic N) is 2. The van der Waals surface area contributed by atoms with Crippen molar-refractivity contribution in [3.8, 4) is 0 Å². The van der Waals surface area contributed by atoms with E-state index in [2.05, 4.69) is 17.3 Å². The summed E-state index contributed by atoms with van der Waals surface area (Å²) in [6, 6.07) is 0. The number of rotatable bonds is 3. The van der Waals surface area contributed by atoms with E-state index in [-0.39, 0.29) is 0 Å². The molecular weight excluding hydrogens is 168 g/mol. The van der Waals surface area contributed by atoms with Crippen LogP contribution < -0.4 is 0 Å². The summed E-state index contributed by atoms with van der Waals surface area (Å²) in [5, 5.41) is 1.14. The lowest BCUT2D eigenvalue weighted by Gasteiger charge is -2.01. The summed E-state index contributed by atoms with van der Waals surface area (Å²) in [4.78, 5) is 7.55. The van der Waals surface area contributed by atoms with E-state index >= 15 is 0 Å². The number of aryl methyl sites for hydroxylation is 1. The van der Waals surface area contributed by atoms with Crippen molar-refractivity contribution >= 4 is 11.3 Å². The minimum absolute atomic E-state index is 0.990. The second-order valence-corrected chi connectivity index (χ2v) is 4.22. The first-order valence-electron chi connectivity index (χ1n) is 3.93. The highest BCUT2D eigenvalue weighted by molar-refractivity contribution is 7.11. The zero-order valence-electron chi connectivity index (χ0n) is 7.74. The molecule has 0 saturated heterocycles. The molecule has 0 N–H and O–H groups in total. The first kappa shape index (κ1) is 9.26. The van der Waals surface area contributed by atoms with Gasteiger partial charge >= 0.3 is 0 Å². The van der Waals surface area contributed by atoms with Crippen LogP contribution in [0.5, 0.6) is 0 Å². The van der Waals surface area contributed by atoms with Gasteiger partial charge in [0, 0.05) is 31.6 Å². The molecule has 0 spiro atoms. The van der Waals surface area contributed by atoms with Gasteiger partial charge in [-0.1, -0.05) is 6.08 Å². The molecule has 66 valence electrons.